The van der Waals surface area contributed by atoms with Crippen molar-refractivity contribution < 1.29 is 17.7 Å². The second kappa shape index (κ2) is 6.46. The van der Waals surface area contributed by atoms with Gasteiger partial charge < -0.3 is 5.32 Å². The molecule has 116 valence electrons. The Kier molecular flexibility index (Phi) is 4.86. The summed E-state index contributed by atoms with van der Waals surface area (Å²) in [5, 5.41) is 13.8. The van der Waals surface area contributed by atoms with Crippen molar-refractivity contribution in [3.05, 3.63) is 34.1 Å². The molecule has 1 saturated heterocycles. The van der Waals surface area contributed by atoms with Gasteiger partial charge in [0.25, 0.3) is 5.69 Å². The number of nitrogens with one attached hydrogen (secondary N) is 2. The highest BCUT2D eigenvalue weighted by Crippen LogP contribution is 2.21. The van der Waals surface area contributed by atoms with Gasteiger partial charge >= 0.3 is 0 Å². The third-order valence-corrected chi connectivity index (χ3v) is 4.79. The zero-order chi connectivity index (χ0) is 15.5. The molecule has 1 aliphatic heterocycles. The van der Waals surface area contributed by atoms with E-state index in [-0.39, 0.29) is 12.6 Å². The minimum atomic E-state index is -4.12. The lowest BCUT2D eigenvalue weighted by Gasteiger charge is -2.23. The molecule has 21 heavy (non-hydrogen) atoms. The van der Waals surface area contributed by atoms with Gasteiger partial charge in [0.05, 0.1) is 4.92 Å². The number of nitro benzene ring substituents is 1. The van der Waals surface area contributed by atoms with Crippen molar-refractivity contribution in [2.45, 2.75) is 30.2 Å². The van der Waals surface area contributed by atoms with Gasteiger partial charge in [-0.05, 0) is 25.5 Å². The van der Waals surface area contributed by atoms with Crippen molar-refractivity contribution in [2.24, 2.45) is 0 Å². The van der Waals surface area contributed by atoms with Crippen molar-refractivity contribution in [3.63, 3.8) is 0 Å². The number of rotatable bonds is 5. The molecule has 1 fully saturated rings. The molecule has 9 heteroatoms. The van der Waals surface area contributed by atoms with Gasteiger partial charge in [-0.15, -0.1) is 0 Å². The van der Waals surface area contributed by atoms with Gasteiger partial charge in [-0.3, -0.25) is 10.1 Å². The summed E-state index contributed by atoms with van der Waals surface area (Å²) < 4.78 is 40.1. The summed E-state index contributed by atoms with van der Waals surface area (Å²) in [4.78, 5) is 9.19. The summed E-state index contributed by atoms with van der Waals surface area (Å²) in [5.41, 5.74) is -0.465. The van der Waals surface area contributed by atoms with E-state index in [9.17, 15) is 22.9 Å². The van der Waals surface area contributed by atoms with Crippen LogP contribution in [0.15, 0.2) is 23.1 Å². The van der Waals surface area contributed by atoms with Crippen LogP contribution in [0.4, 0.5) is 10.1 Å². The van der Waals surface area contributed by atoms with Crippen LogP contribution in [0.3, 0.4) is 0 Å². The molecule has 0 bridgehead atoms. The number of nitro groups is 1. The monoisotopic (exact) mass is 317 g/mol. The summed E-state index contributed by atoms with van der Waals surface area (Å²) in [5.74, 6) is -1.01. The molecule has 0 saturated carbocycles. The predicted octanol–water partition coefficient (Wildman–Crippen LogP) is 1.15. The van der Waals surface area contributed by atoms with E-state index in [4.69, 9.17) is 0 Å². The molecule has 1 unspecified atom stereocenters. The molecule has 1 heterocycles. The minimum absolute atomic E-state index is 0.00437. The highest BCUT2D eigenvalue weighted by Gasteiger charge is 2.24. The number of benzene rings is 1. The average Bonchev–Trinajstić information content (AvgIpc) is 2.46. The quantitative estimate of drug-likeness (QED) is 0.627. The summed E-state index contributed by atoms with van der Waals surface area (Å²) in [6.45, 7) is 0.946. The zero-order valence-corrected chi connectivity index (χ0v) is 12.0. The van der Waals surface area contributed by atoms with Crippen LogP contribution in [0.5, 0.6) is 0 Å². The van der Waals surface area contributed by atoms with Crippen LogP contribution >= 0.6 is 0 Å². The molecule has 0 aliphatic carbocycles. The normalized spacial score (nSPS) is 19.4. The van der Waals surface area contributed by atoms with Gasteiger partial charge in [0.15, 0.2) is 0 Å². The van der Waals surface area contributed by atoms with Crippen LogP contribution < -0.4 is 10.0 Å². The van der Waals surface area contributed by atoms with Crippen molar-refractivity contribution in [2.75, 3.05) is 13.1 Å². The molecular formula is C12H16FN3O4S. The maximum absolute atomic E-state index is 13.6. The van der Waals surface area contributed by atoms with Crippen LogP contribution in [-0.2, 0) is 10.0 Å². The van der Waals surface area contributed by atoms with Gasteiger partial charge in [-0.25, -0.2) is 17.5 Å². The molecule has 0 amide bonds. The van der Waals surface area contributed by atoms with Crippen LogP contribution in [-0.4, -0.2) is 32.5 Å². The molecule has 1 aliphatic rings. The first-order chi connectivity index (χ1) is 9.90. The average molecular weight is 317 g/mol. The fraction of sp³-hybridized carbons (Fsp3) is 0.500. The van der Waals surface area contributed by atoms with Gasteiger partial charge in [-0.1, -0.05) is 6.42 Å². The van der Waals surface area contributed by atoms with Gasteiger partial charge in [0, 0.05) is 24.7 Å². The zero-order valence-electron chi connectivity index (χ0n) is 11.2. The predicted molar refractivity (Wildman–Crippen MR) is 73.9 cm³/mol. The molecule has 1 aromatic rings. The molecule has 0 spiro atoms. The van der Waals surface area contributed by atoms with Crippen molar-refractivity contribution >= 4 is 15.7 Å². The second-order valence-corrected chi connectivity index (χ2v) is 6.61. The number of sulfonamides is 1. The van der Waals surface area contributed by atoms with E-state index in [1.807, 2.05) is 0 Å². The lowest BCUT2D eigenvalue weighted by atomic mass is 10.1. The summed E-state index contributed by atoms with van der Waals surface area (Å²) in [6.07, 6.45) is 2.88. The smallest absolute Gasteiger partial charge is 0.270 e. The van der Waals surface area contributed by atoms with Crippen LogP contribution in [0, 0.1) is 15.9 Å². The Morgan fingerprint density at radius 3 is 2.81 bits per heavy atom. The molecule has 2 N–H and O–H groups in total. The van der Waals surface area contributed by atoms with E-state index >= 15 is 0 Å². The fourth-order valence-corrected chi connectivity index (χ4v) is 3.37. The second-order valence-electron chi connectivity index (χ2n) is 4.87. The van der Waals surface area contributed by atoms with Crippen molar-refractivity contribution in [1.29, 1.82) is 0 Å². The molecular weight excluding hydrogens is 301 g/mol. The lowest BCUT2D eigenvalue weighted by Crippen LogP contribution is -2.43. The van der Waals surface area contributed by atoms with Gasteiger partial charge in [0.1, 0.15) is 10.7 Å². The maximum atomic E-state index is 13.6. The Balaban J connectivity index is 2.14. The molecule has 7 nitrogen and oxygen atoms in total. The third-order valence-electron chi connectivity index (χ3n) is 3.35. The Hall–Kier alpha value is -1.58. The van der Waals surface area contributed by atoms with Gasteiger partial charge in [0.2, 0.25) is 10.0 Å². The van der Waals surface area contributed by atoms with Crippen LogP contribution in [0.1, 0.15) is 19.3 Å². The van der Waals surface area contributed by atoms with Gasteiger partial charge in [-0.2, -0.15) is 0 Å². The van der Waals surface area contributed by atoms with E-state index in [1.54, 1.807) is 0 Å². The number of halogens is 1. The fourth-order valence-electron chi connectivity index (χ4n) is 2.20. The number of hydrogen-bond donors (Lipinski definition) is 2. The molecule has 0 radical (unpaired) electrons. The number of hydrogen-bond acceptors (Lipinski definition) is 5. The molecule has 1 atom stereocenters. The molecule has 0 aromatic heterocycles. The Bertz CT molecular complexity index is 629. The lowest BCUT2D eigenvalue weighted by molar-refractivity contribution is -0.385. The van der Waals surface area contributed by atoms with Crippen LogP contribution in [0.25, 0.3) is 0 Å². The highest BCUT2D eigenvalue weighted by atomic mass is 32.2. The molecule has 2 rings (SSSR count). The van der Waals surface area contributed by atoms with E-state index in [2.05, 4.69) is 10.0 Å². The summed E-state index contributed by atoms with van der Waals surface area (Å²) >= 11 is 0. The van der Waals surface area contributed by atoms with Crippen molar-refractivity contribution in [1.82, 2.24) is 10.0 Å². The number of non-ortho nitro benzene ring substituents is 1. The van der Waals surface area contributed by atoms with E-state index in [0.29, 0.717) is 0 Å². The largest absolute Gasteiger partial charge is 0.313 e. The topological polar surface area (TPSA) is 101 Å². The van der Waals surface area contributed by atoms with E-state index < -0.39 is 31.3 Å². The summed E-state index contributed by atoms with van der Waals surface area (Å²) in [7, 11) is -4.12. The standard InChI is InChI=1S/C12H16FN3O4S/c13-11-5-4-10(16(17)18)7-12(11)21(19,20)15-8-9-3-1-2-6-14-9/h4-5,7,9,14-15H,1-3,6,8H2. The van der Waals surface area contributed by atoms with Crippen molar-refractivity contribution in [3.8, 4) is 0 Å². The SMILES string of the molecule is O=[N+]([O-])c1ccc(F)c(S(=O)(=O)NCC2CCCCN2)c1. The minimum Gasteiger partial charge on any atom is -0.313 e. The summed E-state index contributed by atoms with van der Waals surface area (Å²) in [6, 6.07) is 2.43. The third kappa shape index (κ3) is 3.96. The number of nitrogens with zero attached hydrogens (tertiary/aromatic N) is 1. The highest BCUT2D eigenvalue weighted by molar-refractivity contribution is 7.89. The Morgan fingerprint density at radius 1 is 1.43 bits per heavy atom. The first-order valence-electron chi connectivity index (χ1n) is 6.57. The van der Waals surface area contributed by atoms with Crippen LogP contribution in [0.2, 0.25) is 0 Å². The Labute approximate surface area is 121 Å². The van der Waals surface area contributed by atoms with E-state index in [0.717, 1.165) is 44.0 Å². The maximum Gasteiger partial charge on any atom is 0.270 e. The first-order valence-corrected chi connectivity index (χ1v) is 8.05. The van der Waals surface area contributed by atoms with E-state index in [1.165, 1.54) is 0 Å². The molecule has 1 aromatic carbocycles. The number of piperidine rings is 1. The first kappa shape index (κ1) is 15.8. The Morgan fingerprint density at radius 2 is 2.19 bits per heavy atom.